The molecular formula is C30H28FN5O5S. The van der Waals surface area contributed by atoms with Crippen molar-refractivity contribution in [1.29, 1.82) is 0 Å². The second kappa shape index (κ2) is 12.0. The standard InChI is InChI=1S/C30H28FN5O5S/c1-41-27-17-24(42(2,39)40)12-13-26(27)33-30-34-28-14-7-21(18-36(28)35-30)19-5-10-23(11-6-19)32-29(38)25(15-16-37)20-3-8-22(31)9-4-20/h3-14,17-18,25,37H,15-16H2,1-2H3,(H,32,38)(H,33,35). The highest BCUT2D eigenvalue weighted by molar-refractivity contribution is 7.90. The molecule has 216 valence electrons. The van der Waals surface area contributed by atoms with Gasteiger partial charge in [0.2, 0.25) is 11.9 Å². The highest BCUT2D eigenvalue weighted by atomic mass is 32.2. The normalized spacial score (nSPS) is 12.2. The Hall–Kier alpha value is -4.81. The van der Waals surface area contributed by atoms with Gasteiger partial charge in [-0.25, -0.2) is 17.3 Å². The summed E-state index contributed by atoms with van der Waals surface area (Å²) < 4.78 is 44.0. The number of sulfone groups is 1. The van der Waals surface area contributed by atoms with Crippen LogP contribution in [0.3, 0.4) is 0 Å². The average molecular weight is 590 g/mol. The minimum absolute atomic E-state index is 0.140. The number of halogens is 1. The molecule has 1 unspecified atom stereocenters. The molecule has 0 bridgehead atoms. The number of rotatable bonds is 10. The second-order valence-corrected chi connectivity index (χ2v) is 11.6. The number of anilines is 3. The van der Waals surface area contributed by atoms with Gasteiger partial charge in [0.05, 0.1) is 23.6 Å². The molecule has 5 aromatic rings. The molecule has 12 heteroatoms. The van der Waals surface area contributed by atoms with E-state index in [2.05, 4.69) is 20.7 Å². The zero-order valence-corrected chi connectivity index (χ0v) is 23.6. The fourth-order valence-electron chi connectivity index (χ4n) is 4.48. The van der Waals surface area contributed by atoms with Gasteiger partial charge in [0.15, 0.2) is 15.5 Å². The predicted molar refractivity (Wildman–Crippen MR) is 157 cm³/mol. The number of fused-ring (bicyclic) bond motifs is 1. The van der Waals surface area contributed by atoms with Crippen molar-refractivity contribution in [2.24, 2.45) is 0 Å². The highest BCUT2D eigenvalue weighted by Crippen LogP contribution is 2.30. The first-order valence-corrected chi connectivity index (χ1v) is 14.8. The summed E-state index contributed by atoms with van der Waals surface area (Å²) in [4.78, 5) is 17.6. The van der Waals surface area contributed by atoms with E-state index in [0.717, 1.165) is 17.4 Å². The van der Waals surface area contributed by atoms with Crippen molar-refractivity contribution in [3.05, 3.63) is 96.4 Å². The molecule has 10 nitrogen and oxygen atoms in total. The van der Waals surface area contributed by atoms with Gasteiger partial charge in [0.25, 0.3) is 0 Å². The number of amides is 1. The molecule has 0 aliphatic carbocycles. The Balaban J connectivity index is 1.31. The predicted octanol–water partition coefficient (Wildman–Crippen LogP) is 4.80. The van der Waals surface area contributed by atoms with Crippen LogP contribution >= 0.6 is 0 Å². The van der Waals surface area contributed by atoms with Crippen molar-refractivity contribution in [2.45, 2.75) is 17.2 Å². The SMILES string of the molecule is COc1cc(S(C)(=O)=O)ccc1Nc1nc2ccc(-c3ccc(NC(=O)C(CCO)c4ccc(F)cc4)cc3)cn2n1. The molecule has 0 fully saturated rings. The van der Waals surface area contributed by atoms with Crippen molar-refractivity contribution in [3.63, 3.8) is 0 Å². The van der Waals surface area contributed by atoms with Gasteiger partial charge in [-0.2, -0.15) is 4.98 Å². The van der Waals surface area contributed by atoms with Crippen LogP contribution in [0.2, 0.25) is 0 Å². The number of hydrogen-bond donors (Lipinski definition) is 3. The van der Waals surface area contributed by atoms with Crippen molar-refractivity contribution >= 4 is 38.7 Å². The van der Waals surface area contributed by atoms with Crippen molar-refractivity contribution in [3.8, 4) is 16.9 Å². The molecule has 3 aromatic carbocycles. The Morgan fingerprint density at radius 2 is 1.74 bits per heavy atom. The van der Waals surface area contributed by atoms with Crippen molar-refractivity contribution < 1.29 is 27.4 Å². The van der Waals surface area contributed by atoms with Crippen molar-refractivity contribution in [1.82, 2.24) is 14.6 Å². The first kappa shape index (κ1) is 28.7. The largest absolute Gasteiger partial charge is 0.495 e. The maximum absolute atomic E-state index is 13.3. The molecule has 2 heterocycles. The zero-order valence-electron chi connectivity index (χ0n) is 22.8. The number of hydrogen-bond acceptors (Lipinski definition) is 8. The number of aliphatic hydroxyl groups is 1. The fraction of sp³-hybridized carbons (Fsp3) is 0.167. The number of aromatic nitrogens is 3. The molecule has 0 radical (unpaired) electrons. The van der Waals surface area contributed by atoms with Gasteiger partial charge < -0.3 is 20.5 Å². The molecule has 0 aliphatic heterocycles. The van der Waals surface area contributed by atoms with E-state index in [1.807, 2.05) is 30.5 Å². The highest BCUT2D eigenvalue weighted by Gasteiger charge is 2.20. The number of aliphatic hydroxyl groups excluding tert-OH is 1. The Morgan fingerprint density at radius 3 is 2.40 bits per heavy atom. The molecule has 1 amide bonds. The van der Waals surface area contributed by atoms with Crippen LogP contribution in [0, 0.1) is 5.82 Å². The quantitative estimate of drug-likeness (QED) is 0.212. The molecule has 42 heavy (non-hydrogen) atoms. The third-order valence-electron chi connectivity index (χ3n) is 6.67. The van der Waals surface area contributed by atoms with Crippen LogP contribution in [-0.4, -0.2) is 54.0 Å². The Kier molecular flexibility index (Phi) is 8.18. The van der Waals surface area contributed by atoms with Crippen LogP contribution in [0.4, 0.5) is 21.7 Å². The lowest BCUT2D eigenvalue weighted by Gasteiger charge is -2.16. The number of ether oxygens (including phenoxy) is 1. The minimum atomic E-state index is -3.39. The van der Waals surface area contributed by atoms with E-state index >= 15 is 0 Å². The maximum Gasteiger partial charge on any atom is 0.247 e. The smallest absolute Gasteiger partial charge is 0.247 e. The first-order chi connectivity index (χ1) is 20.1. The Labute approximate surface area is 241 Å². The number of methoxy groups -OCH3 is 1. The summed E-state index contributed by atoms with van der Waals surface area (Å²) in [6, 6.07) is 21.2. The molecule has 0 saturated heterocycles. The van der Waals surface area contributed by atoms with Crippen LogP contribution in [0.25, 0.3) is 16.8 Å². The van der Waals surface area contributed by atoms with Gasteiger partial charge in [-0.3, -0.25) is 4.79 Å². The van der Waals surface area contributed by atoms with Crippen LogP contribution in [0.1, 0.15) is 17.9 Å². The van der Waals surface area contributed by atoms with Gasteiger partial charge in [-0.15, -0.1) is 5.10 Å². The summed E-state index contributed by atoms with van der Waals surface area (Å²) in [6.45, 7) is -0.181. The fourth-order valence-corrected chi connectivity index (χ4v) is 5.12. The molecule has 0 aliphatic rings. The van der Waals surface area contributed by atoms with E-state index in [9.17, 15) is 22.7 Å². The van der Waals surface area contributed by atoms with Crippen LogP contribution in [0.5, 0.6) is 5.75 Å². The lowest BCUT2D eigenvalue weighted by molar-refractivity contribution is -0.118. The van der Waals surface area contributed by atoms with Crippen LogP contribution in [-0.2, 0) is 14.6 Å². The van der Waals surface area contributed by atoms with E-state index in [-0.39, 0.29) is 23.8 Å². The number of carbonyl (C=O) groups excluding carboxylic acids is 1. The lowest BCUT2D eigenvalue weighted by atomic mass is 9.95. The molecule has 2 aromatic heterocycles. The van der Waals surface area contributed by atoms with E-state index < -0.39 is 21.6 Å². The molecular weight excluding hydrogens is 561 g/mol. The van der Waals surface area contributed by atoms with E-state index in [4.69, 9.17) is 4.74 Å². The number of benzene rings is 3. The number of pyridine rings is 1. The Morgan fingerprint density at radius 1 is 1.02 bits per heavy atom. The third-order valence-corrected chi connectivity index (χ3v) is 7.78. The second-order valence-electron chi connectivity index (χ2n) is 9.60. The molecule has 0 spiro atoms. The third kappa shape index (κ3) is 6.40. The van der Waals surface area contributed by atoms with Gasteiger partial charge in [0.1, 0.15) is 11.6 Å². The van der Waals surface area contributed by atoms with Gasteiger partial charge in [-0.1, -0.05) is 24.3 Å². The summed E-state index contributed by atoms with van der Waals surface area (Å²) in [5.74, 6) is -0.671. The van der Waals surface area contributed by atoms with E-state index in [1.165, 1.54) is 31.4 Å². The van der Waals surface area contributed by atoms with Gasteiger partial charge in [0, 0.05) is 36.4 Å². The summed E-state index contributed by atoms with van der Waals surface area (Å²) >= 11 is 0. The summed E-state index contributed by atoms with van der Waals surface area (Å²) in [5.41, 5.74) is 4.04. The summed E-state index contributed by atoms with van der Waals surface area (Å²) in [6.07, 6.45) is 3.16. The van der Waals surface area contributed by atoms with Gasteiger partial charge in [-0.05, 0) is 66.1 Å². The number of carbonyl (C=O) groups is 1. The summed E-state index contributed by atoms with van der Waals surface area (Å²) in [7, 11) is -1.94. The minimum Gasteiger partial charge on any atom is -0.495 e. The van der Waals surface area contributed by atoms with Crippen LogP contribution in [0.15, 0.2) is 90.0 Å². The number of nitrogens with zero attached hydrogens (tertiary/aromatic N) is 3. The lowest BCUT2D eigenvalue weighted by Crippen LogP contribution is -2.22. The monoisotopic (exact) mass is 589 g/mol. The Bertz CT molecular complexity index is 1840. The number of nitrogens with one attached hydrogen (secondary N) is 2. The van der Waals surface area contributed by atoms with Gasteiger partial charge >= 0.3 is 0 Å². The van der Waals surface area contributed by atoms with E-state index in [0.29, 0.717) is 34.3 Å². The summed E-state index contributed by atoms with van der Waals surface area (Å²) in [5, 5.41) is 19.9. The first-order valence-electron chi connectivity index (χ1n) is 12.9. The van der Waals surface area contributed by atoms with E-state index in [1.54, 1.807) is 34.8 Å². The van der Waals surface area contributed by atoms with Crippen molar-refractivity contribution in [2.75, 3.05) is 30.6 Å². The average Bonchev–Trinajstić information content (AvgIpc) is 3.38. The molecule has 1 atom stereocenters. The topological polar surface area (TPSA) is 135 Å². The molecule has 3 N–H and O–H groups in total. The molecule has 5 rings (SSSR count). The van der Waals surface area contributed by atoms with Crippen LogP contribution < -0.4 is 15.4 Å². The maximum atomic E-state index is 13.3. The zero-order chi connectivity index (χ0) is 29.9. The molecule has 0 saturated carbocycles.